The number of benzene rings is 1. The molecule has 1 N–H and O–H groups in total. The van der Waals surface area contributed by atoms with Crippen LogP contribution in [0.3, 0.4) is 0 Å². The predicted molar refractivity (Wildman–Crippen MR) is 89.7 cm³/mol. The van der Waals surface area contributed by atoms with Gasteiger partial charge in [-0.15, -0.1) is 0 Å². The lowest BCUT2D eigenvalue weighted by atomic mass is 10.0. The fourth-order valence-corrected chi connectivity index (χ4v) is 2.61. The molecule has 120 valence electrons. The first-order valence-electron chi connectivity index (χ1n) is 8.00. The summed E-state index contributed by atoms with van der Waals surface area (Å²) < 4.78 is 11.3. The number of ether oxygens (including phenoxy) is 2. The third kappa shape index (κ3) is 5.40. The van der Waals surface area contributed by atoms with Crippen LogP contribution < -0.4 is 14.8 Å². The Balaban J connectivity index is 3.10. The summed E-state index contributed by atoms with van der Waals surface area (Å²) in [5, 5.41) is 4.31. The van der Waals surface area contributed by atoms with E-state index in [9.17, 15) is 0 Å². The molecule has 1 aromatic rings. The summed E-state index contributed by atoms with van der Waals surface area (Å²) in [6.45, 7) is 10.5. The molecule has 3 nitrogen and oxygen atoms in total. The number of hydrogen-bond acceptors (Lipinski definition) is 3. The smallest absolute Gasteiger partial charge is 0.162 e. The minimum absolute atomic E-state index is 0.261. The molecule has 0 aliphatic rings. The van der Waals surface area contributed by atoms with Gasteiger partial charge in [0.2, 0.25) is 0 Å². The fourth-order valence-electron chi connectivity index (χ4n) is 2.33. The standard InChI is InChI=1S/C17H28ClNO2/c1-5-9-15(19-10-6-2)13-11-16(20-7-3)17(21-8-4)12-14(13)18/h11-12,15,19H,5-10H2,1-4H3. The largest absolute Gasteiger partial charge is 0.490 e. The van der Waals surface area contributed by atoms with E-state index < -0.39 is 0 Å². The molecule has 0 aliphatic heterocycles. The Morgan fingerprint density at radius 2 is 1.62 bits per heavy atom. The minimum Gasteiger partial charge on any atom is -0.490 e. The molecule has 4 heteroatoms. The first-order chi connectivity index (χ1) is 10.2. The normalized spacial score (nSPS) is 12.2. The van der Waals surface area contributed by atoms with E-state index in [4.69, 9.17) is 21.1 Å². The van der Waals surface area contributed by atoms with Gasteiger partial charge in [0.1, 0.15) is 0 Å². The Bertz CT molecular complexity index is 423. The van der Waals surface area contributed by atoms with Gasteiger partial charge in [0, 0.05) is 17.1 Å². The Morgan fingerprint density at radius 1 is 1.00 bits per heavy atom. The Morgan fingerprint density at radius 3 is 2.14 bits per heavy atom. The molecule has 0 amide bonds. The van der Waals surface area contributed by atoms with E-state index in [1.165, 1.54) is 0 Å². The molecule has 21 heavy (non-hydrogen) atoms. The highest BCUT2D eigenvalue weighted by Gasteiger charge is 2.17. The minimum atomic E-state index is 0.261. The van der Waals surface area contributed by atoms with Crippen molar-refractivity contribution in [1.29, 1.82) is 0 Å². The second-order valence-electron chi connectivity index (χ2n) is 4.98. The molecule has 0 aromatic heterocycles. The molecule has 1 rings (SSSR count). The van der Waals surface area contributed by atoms with Crippen LogP contribution in [0.4, 0.5) is 0 Å². The molecule has 1 unspecified atom stereocenters. The zero-order valence-electron chi connectivity index (χ0n) is 13.7. The lowest BCUT2D eigenvalue weighted by Gasteiger charge is -2.22. The van der Waals surface area contributed by atoms with Gasteiger partial charge < -0.3 is 14.8 Å². The van der Waals surface area contributed by atoms with Crippen LogP contribution in [-0.4, -0.2) is 19.8 Å². The van der Waals surface area contributed by atoms with E-state index in [1.54, 1.807) is 0 Å². The predicted octanol–water partition coefficient (Wildman–Crippen LogP) is 4.98. The van der Waals surface area contributed by atoms with Gasteiger partial charge in [0.15, 0.2) is 11.5 Å². The van der Waals surface area contributed by atoms with Crippen LogP contribution in [0.25, 0.3) is 0 Å². The van der Waals surface area contributed by atoms with Crippen molar-refractivity contribution in [2.45, 2.75) is 53.0 Å². The monoisotopic (exact) mass is 313 g/mol. The Hall–Kier alpha value is -0.930. The third-order valence-corrected chi connectivity index (χ3v) is 3.58. The van der Waals surface area contributed by atoms with Crippen LogP contribution in [-0.2, 0) is 0 Å². The Kier molecular flexibility index (Phi) is 8.55. The van der Waals surface area contributed by atoms with E-state index >= 15 is 0 Å². The van der Waals surface area contributed by atoms with Crippen LogP contribution in [0, 0.1) is 0 Å². The van der Waals surface area contributed by atoms with Gasteiger partial charge in [-0.1, -0.05) is 31.9 Å². The highest BCUT2D eigenvalue weighted by atomic mass is 35.5. The second-order valence-corrected chi connectivity index (χ2v) is 5.39. The molecule has 0 fully saturated rings. The average molecular weight is 314 g/mol. The number of hydrogen-bond donors (Lipinski definition) is 1. The maximum absolute atomic E-state index is 6.47. The molecule has 0 radical (unpaired) electrons. The van der Waals surface area contributed by atoms with Gasteiger partial charge in [-0.25, -0.2) is 0 Å². The van der Waals surface area contributed by atoms with E-state index in [1.807, 2.05) is 26.0 Å². The van der Waals surface area contributed by atoms with Crippen molar-refractivity contribution in [3.05, 3.63) is 22.7 Å². The van der Waals surface area contributed by atoms with Crippen molar-refractivity contribution in [3.63, 3.8) is 0 Å². The second kappa shape index (κ2) is 9.91. The molecule has 0 bridgehead atoms. The van der Waals surface area contributed by atoms with Crippen LogP contribution in [0.1, 0.15) is 58.6 Å². The van der Waals surface area contributed by atoms with E-state index in [-0.39, 0.29) is 6.04 Å². The fraction of sp³-hybridized carbons (Fsp3) is 0.647. The summed E-state index contributed by atoms with van der Waals surface area (Å²) in [6, 6.07) is 4.17. The zero-order chi connectivity index (χ0) is 15.7. The van der Waals surface area contributed by atoms with Crippen molar-refractivity contribution in [2.24, 2.45) is 0 Å². The van der Waals surface area contributed by atoms with E-state index in [0.717, 1.165) is 47.9 Å². The molecule has 0 saturated carbocycles. The van der Waals surface area contributed by atoms with Gasteiger partial charge in [0.05, 0.1) is 13.2 Å². The molecular weight excluding hydrogens is 286 g/mol. The van der Waals surface area contributed by atoms with E-state index in [0.29, 0.717) is 13.2 Å². The van der Waals surface area contributed by atoms with E-state index in [2.05, 4.69) is 19.2 Å². The number of nitrogens with one attached hydrogen (secondary N) is 1. The van der Waals surface area contributed by atoms with Crippen molar-refractivity contribution in [1.82, 2.24) is 5.32 Å². The highest BCUT2D eigenvalue weighted by molar-refractivity contribution is 6.31. The summed E-state index contributed by atoms with van der Waals surface area (Å²) in [7, 11) is 0. The van der Waals surface area contributed by atoms with Crippen LogP contribution in [0.5, 0.6) is 11.5 Å². The van der Waals surface area contributed by atoms with Gasteiger partial charge in [-0.2, -0.15) is 0 Å². The molecule has 1 atom stereocenters. The highest BCUT2D eigenvalue weighted by Crippen LogP contribution is 2.37. The molecule has 0 saturated heterocycles. The summed E-state index contributed by atoms with van der Waals surface area (Å²) in [4.78, 5) is 0. The lowest BCUT2D eigenvalue weighted by Crippen LogP contribution is -2.22. The summed E-state index contributed by atoms with van der Waals surface area (Å²) in [6.07, 6.45) is 3.27. The molecule has 0 spiro atoms. The maximum Gasteiger partial charge on any atom is 0.162 e. The lowest BCUT2D eigenvalue weighted by molar-refractivity contribution is 0.287. The van der Waals surface area contributed by atoms with Gasteiger partial charge >= 0.3 is 0 Å². The first-order valence-corrected chi connectivity index (χ1v) is 8.37. The molecule has 0 heterocycles. The van der Waals surface area contributed by atoms with Crippen LogP contribution in [0.15, 0.2) is 12.1 Å². The summed E-state index contributed by atoms with van der Waals surface area (Å²) >= 11 is 6.47. The van der Waals surface area contributed by atoms with Gasteiger partial charge in [-0.05, 0) is 44.9 Å². The maximum atomic E-state index is 6.47. The van der Waals surface area contributed by atoms with Gasteiger partial charge in [0.25, 0.3) is 0 Å². The quantitative estimate of drug-likeness (QED) is 0.661. The Labute approximate surface area is 134 Å². The summed E-state index contributed by atoms with van der Waals surface area (Å²) in [5.74, 6) is 1.50. The van der Waals surface area contributed by atoms with Crippen molar-refractivity contribution in [2.75, 3.05) is 19.8 Å². The molecule has 1 aromatic carbocycles. The molecule has 0 aliphatic carbocycles. The summed E-state index contributed by atoms with van der Waals surface area (Å²) in [5.41, 5.74) is 1.10. The SMILES string of the molecule is CCCNC(CCC)c1cc(OCC)c(OCC)cc1Cl. The van der Waals surface area contributed by atoms with Crippen molar-refractivity contribution in [3.8, 4) is 11.5 Å². The zero-order valence-corrected chi connectivity index (χ0v) is 14.4. The topological polar surface area (TPSA) is 30.5 Å². The van der Waals surface area contributed by atoms with Crippen molar-refractivity contribution < 1.29 is 9.47 Å². The van der Waals surface area contributed by atoms with Gasteiger partial charge in [-0.3, -0.25) is 0 Å². The molecular formula is C17H28ClNO2. The van der Waals surface area contributed by atoms with Crippen LogP contribution in [0.2, 0.25) is 5.02 Å². The third-order valence-electron chi connectivity index (χ3n) is 3.26. The van der Waals surface area contributed by atoms with Crippen molar-refractivity contribution >= 4 is 11.6 Å². The number of rotatable bonds is 10. The first kappa shape index (κ1) is 18.1. The van der Waals surface area contributed by atoms with Crippen LogP contribution >= 0.6 is 11.6 Å². The number of halogens is 1. The average Bonchev–Trinajstić information content (AvgIpc) is 2.47.